The van der Waals surface area contributed by atoms with Crippen molar-refractivity contribution in [3.8, 4) is 17.0 Å². The number of anilines is 1. The van der Waals surface area contributed by atoms with E-state index in [-0.39, 0.29) is 24.0 Å². The van der Waals surface area contributed by atoms with E-state index in [4.69, 9.17) is 4.74 Å². The van der Waals surface area contributed by atoms with E-state index in [0.717, 1.165) is 48.3 Å². The highest BCUT2D eigenvalue weighted by Crippen LogP contribution is 2.47. The zero-order valence-corrected chi connectivity index (χ0v) is 16.9. The number of aryl methyl sites for hydroxylation is 1. The molecule has 2 saturated heterocycles. The number of fused-ring (bicyclic) bond motifs is 4. The average molecular weight is 398 g/mol. The van der Waals surface area contributed by atoms with Crippen LogP contribution in [-0.2, 0) is 11.2 Å². The zero-order valence-electron chi connectivity index (χ0n) is 16.9. The van der Waals surface area contributed by atoms with Crippen molar-refractivity contribution < 1.29 is 14.2 Å². The summed E-state index contributed by atoms with van der Waals surface area (Å²) < 4.78 is 20.2. The van der Waals surface area contributed by atoms with Crippen molar-refractivity contribution in [3.63, 3.8) is 0 Å². The average Bonchev–Trinajstić information content (AvgIpc) is 3.03. The molecule has 2 N–H and O–H groups in total. The maximum atomic E-state index is 14.1. The lowest BCUT2D eigenvalue weighted by atomic mass is 9.93. The number of likely N-dealkylation sites (N-methyl/N-ethyl adjacent to an activating group) is 1. The summed E-state index contributed by atoms with van der Waals surface area (Å²) in [6.45, 7) is 3.20. The van der Waals surface area contributed by atoms with Gasteiger partial charge in [0.1, 0.15) is 17.6 Å². The van der Waals surface area contributed by atoms with Crippen LogP contribution in [-0.4, -0.2) is 58.7 Å². The number of likely N-dealkylation sites (tertiary alicyclic amines) is 1. The predicted octanol–water partition coefficient (Wildman–Crippen LogP) is 3.39. The lowest BCUT2D eigenvalue weighted by Crippen LogP contribution is -2.45. The number of nitrogens with one attached hydrogen (secondary N) is 1. The Kier molecular flexibility index (Phi) is 4.67. The number of aromatic nitrogens is 2. The van der Waals surface area contributed by atoms with Gasteiger partial charge < -0.3 is 20.1 Å². The van der Waals surface area contributed by atoms with E-state index in [9.17, 15) is 9.50 Å². The van der Waals surface area contributed by atoms with Crippen molar-refractivity contribution in [2.24, 2.45) is 0 Å². The molecular weight excluding hydrogens is 371 g/mol. The van der Waals surface area contributed by atoms with Crippen molar-refractivity contribution in [2.75, 3.05) is 25.5 Å². The number of rotatable bonds is 3. The standard InChI is InChI=1S/C22H27FN4O2/c1-12-3-5-16(18(28)7-12)21-20-17(9-15-4-6-19(20)29-15)22(26-25-21)24-14-8-13(23)10-27(2)11-14/h3,5,7,13-15,19,28H,4,6,8-11H2,1-2H3,(H,24,26)/t13-,14?,15?,19?/m1/s1. The summed E-state index contributed by atoms with van der Waals surface area (Å²) in [6.07, 6.45) is 2.53. The van der Waals surface area contributed by atoms with Crippen molar-refractivity contribution in [1.82, 2.24) is 15.1 Å². The molecule has 0 radical (unpaired) electrons. The van der Waals surface area contributed by atoms with Gasteiger partial charge in [0.25, 0.3) is 0 Å². The van der Waals surface area contributed by atoms with Gasteiger partial charge in [-0.1, -0.05) is 6.07 Å². The van der Waals surface area contributed by atoms with Gasteiger partial charge in [-0.3, -0.25) is 0 Å². The van der Waals surface area contributed by atoms with Gasteiger partial charge in [0.2, 0.25) is 0 Å². The third-order valence-electron chi connectivity index (χ3n) is 6.31. The number of aromatic hydroxyl groups is 1. The lowest BCUT2D eigenvalue weighted by Gasteiger charge is -2.34. The Morgan fingerprint density at radius 2 is 2.10 bits per heavy atom. The topological polar surface area (TPSA) is 70.5 Å². The smallest absolute Gasteiger partial charge is 0.152 e. The Hall–Kier alpha value is -2.25. The number of benzene rings is 1. The number of ether oxygens (including phenoxy) is 1. The van der Waals surface area contributed by atoms with E-state index in [1.165, 1.54) is 0 Å². The molecule has 0 spiro atoms. The SMILES string of the molecule is Cc1ccc(-c2nnc(NC3C[C@@H](F)CN(C)C3)c3c2C2CCC(C3)O2)c(O)c1. The number of phenols is 1. The minimum Gasteiger partial charge on any atom is -0.507 e. The van der Waals surface area contributed by atoms with Crippen LogP contribution in [0.15, 0.2) is 18.2 Å². The fourth-order valence-electron chi connectivity index (χ4n) is 5.04. The maximum Gasteiger partial charge on any atom is 0.152 e. The lowest BCUT2D eigenvalue weighted by molar-refractivity contribution is 0.0325. The Morgan fingerprint density at radius 1 is 1.24 bits per heavy atom. The molecule has 6 nitrogen and oxygen atoms in total. The molecule has 29 heavy (non-hydrogen) atoms. The van der Waals surface area contributed by atoms with Crippen LogP contribution in [0, 0.1) is 6.92 Å². The molecule has 3 aliphatic heterocycles. The molecule has 2 fully saturated rings. The third-order valence-corrected chi connectivity index (χ3v) is 6.31. The van der Waals surface area contributed by atoms with Crippen LogP contribution < -0.4 is 5.32 Å². The van der Waals surface area contributed by atoms with Gasteiger partial charge in [0.05, 0.1) is 12.2 Å². The number of hydrogen-bond donors (Lipinski definition) is 2. The first-order valence-electron chi connectivity index (χ1n) is 10.4. The predicted molar refractivity (Wildman–Crippen MR) is 109 cm³/mol. The molecule has 4 atom stereocenters. The van der Waals surface area contributed by atoms with Crippen LogP contribution in [0.25, 0.3) is 11.3 Å². The van der Waals surface area contributed by atoms with Gasteiger partial charge in [0, 0.05) is 48.7 Å². The third kappa shape index (κ3) is 3.46. The summed E-state index contributed by atoms with van der Waals surface area (Å²) >= 11 is 0. The van der Waals surface area contributed by atoms with E-state index >= 15 is 0 Å². The second kappa shape index (κ2) is 7.22. The Balaban J connectivity index is 1.56. The summed E-state index contributed by atoms with van der Waals surface area (Å²) in [5.41, 5.74) is 4.50. The molecule has 0 saturated carbocycles. The normalized spacial score (nSPS) is 28.9. The number of piperidine rings is 1. The maximum absolute atomic E-state index is 14.1. The number of nitrogens with zero attached hydrogens (tertiary/aromatic N) is 3. The van der Waals surface area contributed by atoms with Gasteiger partial charge in [0.15, 0.2) is 5.82 Å². The first kappa shape index (κ1) is 18.8. The molecule has 1 aromatic carbocycles. The fraction of sp³-hybridized carbons (Fsp3) is 0.545. The highest BCUT2D eigenvalue weighted by Gasteiger charge is 2.39. The molecule has 4 heterocycles. The highest BCUT2D eigenvalue weighted by molar-refractivity contribution is 5.73. The highest BCUT2D eigenvalue weighted by atomic mass is 19.1. The van der Waals surface area contributed by atoms with Crippen molar-refractivity contribution >= 4 is 5.82 Å². The largest absolute Gasteiger partial charge is 0.507 e. The Morgan fingerprint density at radius 3 is 2.90 bits per heavy atom. The number of halogens is 1. The Labute approximate surface area is 170 Å². The molecule has 0 amide bonds. The Bertz CT molecular complexity index is 927. The molecule has 2 bridgehead atoms. The summed E-state index contributed by atoms with van der Waals surface area (Å²) in [6, 6.07) is 5.61. The van der Waals surface area contributed by atoms with Gasteiger partial charge in [-0.05, 0) is 44.5 Å². The van der Waals surface area contributed by atoms with Crippen LogP contribution in [0.3, 0.4) is 0 Å². The quantitative estimate of drug-likeness (QED) is 0.826. The van der Waals surface area contributed by atoms with Crippen molar-refractivity contribution in [1.29, 1.82) is 0 Å². The van der Waals surface area contributed by atoms with Gasteiger partial charge in [-0.15, -0.1) is 10.2 Å². The zero-order chi connectivity index (χ0) is 20.1. The molecule has 3 unspecified atom stereocenters. The van der Waals surface area contributed by atoms with Crippen LogP contribution in [0.4, 0.5) is 10.2 Å². The monoisotopic (exact) mass is 398 g/mol. The number of hydrogen-bond acceptors (Lipinski definition) is 6. The molecular formula is C22H27FN4O2. The number of alkyl halides is 1. The molecule has 7 heteroatoms. The summed E-state index contributed by atoms with van der Waals surface area (Å²) in [4.78, 5) is 2.01. The molecule has 5 rings (SSSR count). The van der Waals surface area contributed by atoms with Crippen LogP contribution in [0.2, 0.25) is 0 Å². The second-order valence-corrected chi connectivity index (χ2v) is 8.73. The second-order valence-electron chi connectivity index (χ2n) is 8.73. The first-order valence-corrected chi connectivity index (χ1v) is 10.4. The first-order chi connectivity index (χ1) is 14.0. The fourth-order valence-corrected chi connectivity index (χ4v) is 5.04. The van der Waals surface area contributed by atoms with E-state index in [0.29, 0.717) is 24.2 Å². The summed E-state index contributed by atoms with van der Waals surface area (Å²) in [5.74, 6) is 0.944. The number of phenolic OH excluding ortho intramolecular Hbond substituents is 1. The van der Waals surface area contributed by atoms with E-state index in [2.05, 4.69) is 15.5 Å². The van der Waals surface area contributed by atoms with Gasteiger partial charge in [-0.2, -0.15) is 0 Å². The van der Waals surface area contributed by atoms with Crippen LogP contribution in [0.5, 0.6) is 5.75 Å². The molecule has 3 aliphatic rings. The minimum atomic E-state index is -0.835. The van der Waals surface area contributed by atoms with E-state index in [1.807, 2.05) is 31.0 Å². The van der Waals surface area contributed by atoms with Gasteiger partial charge in [-0.25, -0.2) is 4.39 Å². The summed E-state index contributed by atoms with van der Waals surface area (Å²) in [7, 11) is 1.94. The van der Waals surface area contributed by atoms with Crippen molar-refractivity contribution in [3.05, 3.63) is 34.9 Å². The summed E-state index contributed by atoms with van der Waals surface area (Å²) in [5, 5.41) is 23.0. The van der Waals surface area contributed by atoms with E-state index < -0.39 is 6.17 Å². The van der Waals surface area contributed by atoms with Crippen LogP contribution >= 0.6 is 0 Å². The van der Waals surface area contributed by atoms with E-state index in [1.54, 1.807) is 6.07 Å². The van der Waals surface area contributed by atoms with Gasteiger partial charge >= 0.3 is 0 Å². The van der Waals surface area contributed by atoms with Crippen LogP contribution in [0.1, 0.15) is 42.1 Å². The molecule has 2 aromatic rings. The minimum absolute atomic E-state index is 0.00118. The molecule has 1 aromatic heterocycles. The van der Waals surface area contributed by atoms with Crippen molar-refractivity contribution in [2.45, 2.75) is 57.0 Å². The molecule has 154 valence electrons. The molecule has 0 aliphatic carbocycles.